The molecule has 7 heteroatoms. The number of hydrogen-bond donors (Lipinski definition) is 1. The van der Waals surface area contributed by atoms with Crippen LogP contribution in [0.5, 0.6) is 0 Å². The fraction of sp³-hybridized carbons (Fsp3) is 0.500. The van der Waals surface area contributed by atoms with E-state index in [9.17, 15) is 14.4 Å². The van der Waals surface area contributed by atoms with Crippen molar-refractivity contribution in [2.24, 2.45) is 0 Å². The molecule has 1 rings (SSSR count). The Morgan fingerprint density at radius 3 is 2.16 bits per heavy atom. The minimum atomic E-state index is -1.16. The van der Waals surface area contributed by atoms with Gasteiger partial charge in [-0.3, -0.25) is 9.59 Å². The highest BCUT2D eigenvalue weighted by atomic mass is 16.6. The van der Waals surface area contributed by atoms with Crippen molar-refractivity contribution in [1.29, 1.82) is 0 Å². The Hall–Kier alpha value is -2.41. The number of amides is 1. The number of hydrogen-bond acceptors (Lipinski definition) is 6. The second-order valence-corrected chi connectivity index (χ2v) is 6.40. The summed E-state index contributed by atoms with van der Waals surface area (Å²) in [5.41, 5.74) is -0.0655. The molecule has 25 heavy (non-hydrogen) atoms. The molecule has 0 spiro atoms. The molecule has 1 amide bonds. The van der Waals surface area contributed by atoms with E-state index in [1.165, 1.54) is 14.2 Å². The molecular weight excluding hydrogens is 326 g/mol. The third-order valence-corrected chi connectivity index (χ3v) is 3.17. The van der Waals surface area contributed by atoms with E-state index < -0.39 is 35.6 Å². The smallest absolute Gasteiger partial charge is 0.328 e. The van der Waals surface area contributed by atoms with Crippen LogP contribution in [0, 0.1) is 0 Å². The maximum atomic E-state index is 12.5. The average molecular weight is 351 g/mol. The van der Waals surface area contributed by atoms with Crippen molar-refractivity contribution in [1.82, 2.24) is 5.32 Å². The fourth-order valence-corrected chi connectivity index (χ4v) is 2.16. The predicted molar refractivity (Wildman–Crippen MR) is 90.6 cm³/mol. The van der Waals surface area contributed by atoms with Gasteiger partial charge in [-0.05, 0) is 26.3 Å². The van der Waals surface area contributed by atoms with Crippen LogP contribution >= 0.6 is 0 Å². The van der Waals surface area contributed by atoms with E-state index in [-0.39, 0.29) is 6.42 Å². The fourth-order valence-electron chi connectivity index (χ4n) is 2.16. The average Bonchev–Trinajstić information content (AvgIpc) is 2.53. The van der Waals surface area contributed by atoms with E-state index >= 15 is 0 Å². The Bertz CT molecular complexity index is 593. The van der Waals surface area contributed by atoms with Gasteiger partial charge in [0.15, 0.2) is 6.10 Å². The van der Waals surface area contributed by atoms with E-state index in [0.29, 0.717) is 5.56 Å². The molecule has 0 radical (unpaired) electrons. The number of nitrogens with one attached hydrogen (secondary N) is 1. The molecule has 1 N–H and O–H groups in total. The van der Waals surface area contributed by atoms with Gasteiger partial charge in [0.25, 0.3) is 5.91 Å². The third-order valence-electron chi connectivity index (χ3n) is 3.17. The lowest BCUT2D eigenvalue weighted by molar-refractivity contribution is -0.159. The van der Waals surface area contributed by atoms with Gasteiger partial charge in [0, 0.05) is 7.11 Å². The molecule has 138 valence electrons. The van der Waals surface area contributed by atoms with Crippen LogP contribution in [0.3, 0.4) is 0 Å². The zero-order valence-electron chi connectivity index (χ0n) is 15.2. The van der Waals surface area contributed by atoms with Gasteiger partial charge in [-0.25, -0.2) is 4.79 Å². The summed E-state index contributed by atoms with van der Waals surface area (Å²) in [5, 5.41) is 2.49. The molecule has 0 aliphatic rings. The normalized spacial score (nSPS) is 13.5. The first kappa shape index (κ1) is 20.6. The van der Waals surface area contributed by atoms with Crippen molar-refractivity contribution in [3.05, 3.63) is 35.9 Å². The van der Waals surface area contributed by atoms with Crippen LogP contribution < -0.4 is 5.32 Å². The summed E-state index contributed by atoms with van der Waals surface area (Å²) in [6.45, 7) is 5.15. The van der Waals surface area contributed by atoms with Gasteiger partial charge >= 0.3 is 11.9 Å². The molecule has 0 aromatic heterocycles. The molecular formula is C18H25NO6. The number of carbonyl (C=O) groups is 3. The van der Waals surface area contributed by atoms with Crippen molar-refractivity contribution in [3.63, 3.8) is 0 Å². The molecule has 7 nitrogen and oxygen atoms in total. The molecule has 2 atom stereocenters. The van der Waals surface area contributed by atoms with Gasteiger partial charge < -0.3 is 19.5 Å². The monoisotopic (exact) mass is 351 g/mol. The first-order valence-corrected chi connectivity index (χ1v) is 7.85. The summed E-state index contributed by atoms with van der Waals surface area (Å²) >= 11 is 0. The SMILES string of the molecule is COC(=O)[C@H](CC(=O)OC(C)(C)C)NC(=O)[C@@H](OC)c1ccccc1. The minimum Gasteiger partial charge on any atom is -0.467 e. The van der Waals surface area contributed by atoms with Crippen molar-refractivity contribution in [2.45, 2.75) is 44.9 Å². The van der Waals surface area contributed by atoms with Crippen LogP contribution in [0.4, 0.5) is 0 Å². The zero-order chi connectivity index (χ0) is 19.0. The highest BCUT2D eigenvalue weighted by Gasteiger charge is 2.30. The Morgan fingerprint density at radius 2 is 1.68 bits per heavy atom. The summed E-state index contributed by atoms with van der Waals surface area (Å²) in [7, 11) is 2.57. The van der Waals surface area contributed by atoms with Gasteiger partial charge in [0.1, 0.15) is 11.6 Å². The standard InChI is InChI=1S/C18H25NO6/c1-18(2,3)25-14(20)11-13(17(22)24-5)19-16(21)15(23-4)12-9-7-6-8-10-12/h6-10,13,15H,11H2,1-5H3,(H,19,21)/t13-,15-/m0/s1. The number of methoxy groups -OCH3 is 2. The molecule has 0 aliphatic carbocycles. The lowest BCUT2D eigenvalue weighted by Crippen LogP contribution is -2.45. The first-order valence-electron chi connectivity index (χ1n) is 7.85. The topological polar surface area (TPSA) is 90.9 Å². The van der Waals surface area contributed by atoms with Gasteiger partial charge in [-0.15, -0.1) is 0 Å². The number of carbonyl (C=O) groups excluding carboxylic acids is 3. The molecule has 0 saturated heterocycles. The Labute approximate surface area is 147 Å². The van der Waals surface area contributed by atoms with Crippen LogP contribution in [-0.2, 0) is 28.6 Å². The summed E-state index contributed by atoms with van der Waals surface area (Å²) in [6.07, 6.45) is -1.24. The van der Waals surface area contributed by atoms with Crippen molar-refractivity contribution in [2.75, 3.05) is 14.2 Å². The summed E-state index contributed by atoms with van der Waals surface area (Å²) in [4.78, 5) is 36.4. The summed E-state index contributed by atoms with van der Waals surface area (Å²) in [6, 6.07) is 7.66. The lowest BCUT2D eigenvalue weighted by atomic mass is 10.1. The Balaban J connectivity index is 2.85. The van der Waals surface area contributed by atoms with Gasteiger partial charge in [-0.2, -0.15) is 0 Å². The molecule has 0 aliphatic heterocycles. The molecule has 0 heterocycles. The number of ether oxygens (including phenoxy) is 3. The molecule has 0 fully saturated rings. The van der Waals surface area contributed by atoms with Gasteiger partial charge in [0.2, 0.25) is 0 Å². The highest BCUT2D eigenvalue weighted by Crippen LogP contribution is 2.17. The number of rotatable bonds is 7. The third kappa shape index (κ3) is 6.93. The zero-order valence-corrected chi connectivity index (χ0v) is 15.2. The summed E-state index contributed by atoms with van der Waals surface area (Å²) < 4.78 is 15.1. The molecule has 1 aromatic rings. The molecule has 0 saturated carbocycles. The van der Waals surface area contributed by atoms with Crippen LogP contribution in [0.25, 0.3) is 0 Å². The second-order valence-electron chi connectivity index (χ2n) is 6.40. The van der Waals surface area contributed by atoms with Crippen molar-refractivity contribution >= 4 is 17.8 Å². The second kappa shape index (κ2) is 9.17. The minimum absolute atomic E-state index is 0.332. The Kier molecular flexibility index (Phi) is 7.57. The van der Waals surface area contributed by atoms with Crippen molar-refractivity contribution < 1.29 is 28.6 Å². The predicted octanol–water partition coefficient (Wildman–Crippen LogP) is 1.76. The quantitative estimate of drug-likeness (QED) is 0.753. The van der Waals surface area contributed by atoms with E-state index in [0.717, 1.165) is 0 Å². The molecule has 0 unspecified atom stereocenters. The van der Waals surface area contributed by atoms with E-state index in [4.69, 9.17) is 9.47 Å². The van der Waals surface area contributed by atoms with Crippen molar-refractivity contribution in [3.8, 4) is 0 Å². The van der Waals surface area contributed by atoms with E-state index in [1.807, 2.05) is 6.07 Å². The maximum Gasteiger partial charge on any atom is 0.328 e. The van der Waals surface area contributed by atoms with Gasteiger partial charge in [0.05, 0.1) is 13.5 Å². The first-order chi connectivity index (χ1) is 11.7. The Morgan fingerprint density at radius 1 is 1.08 bits per heavy atom. The van der Waals surface area contributed by atoms with E-state index in [2.05, 4.69) is 10.1 Å². The molecule has 0 bridgehead atoms. The maximum absolute atomic E-state index is 12.5. The van der Waals surface area contributed by atoms with E-state index in [1.54, 1.807) is 45.0 Å². The highest BCUT2D eigenvalue weighted by molar-refractivity contribution is 5.90. The summed E-state index contributed by atoms with van der Waals surface area (Å²) in [5.74, 6) is -1.90. The van der Waals surface area contributed by atoms with Crippen LogP contribution in [0.1, 0.15) is 38.9 Å². The van der Waals surface area contributed by atoms with Gasteiger partial charge in [-0.1, -0.05) is 30.3 Å². The number of esters is 2. The largest absolute Gasteiger partial charge is 0.467 e. The van der Waals surface area contributed by atoms with Crippen LogP contribution in [0.2, 0.25) is 0 Å². The lowest BCUT2D eigenvalue weighted by Gasteiger charge is -2.23. The van der Waals surface area contributed by atoms with Crippen LogP contribution in [-0.4, -0.2) is 43.7 Å². The van der Waals surface area contributed by atoms with Crippen LogP contribution in [0.15, 0.2) is 30.3 Å². The molecule has 1 aromatic carbocycles. The number of benzene rings is 1.